The van der Waals surface area contributed by atoms with E-state index in [4.69, 9.17) is 11.6 Å². The number of fused-ring (bicyclic) bond motifs is 1. The third kappa shape index (κ3) is 2.34. The van der Waals surface area contributed by atoms with E-state index in [1.54, 1.807) is 6.20 Å². The SMILES string of the molecule is Clc1cccc(C(c2ccc3c(c2)N=CC3)n2ccnc2)c1. The minimum absolute atomic E-state index is 0.0438. The molecule has 1 unspecified atom stereocenters. The number of benzene rings is 2. The summed E-state index contributed by atoms with van der Waals surface area (Å²) in [4.78, 5) is 8.65. The standard InChI is InChI=1S/C18H14ClN3/c19-16-3-1-2-14(10-16)18(22-9-8-20-12-22)15-5-4-13-6-7-21-17(13)11-15/h1-5,7-12,18H,6H2. The predicted octanol–water partition coefficient (Wildman–Crippen LogP) is 4.43. The first-order valence-electron chi connectivity index (χ1n) is 7.19. The number of imidazole rings is 1. The normalized spacial score (nSPS) is 14.0. The monoisotopic (exact) mass is 307 g/mol. The van der Waals surface area contributed by atoms with E-state index in [0.29, 0.717) is 0 Å². The van der Waals surface area contributed by atoms with Crippen molar-refractivity contribution < 1.29 is 0 Å². The lowest BCUT2D eigenvalue weighted by Crippen LogP contribution is -2.10. The quantitative estimate of drug-likeness (QED) is 0.704. The Labute approximate surface area is 133 Å². The highest BCUT2D eigenvalue weighted by atomic mass is 35.5. The molecular formula is C18H14ClN3. The Hall–Kier alpha value is -2.39. The minimum Gasteiger partial charge on any atom is -0.326 e. The Morgan fingerprint density at radius 3 is 2.82 bits per heavy atom. The number of rotatable bonds is 3. The highest BCUT2D eigenvalue weighted by Gasteiger charge is 2.18. The molecule has 1 atom stereocenters. The Morgan fingerprint density at radius 2 is 2.00 bits per heavy atom. The van der Waals surface area contributed by atoms with Crippen LogP contribution in [-0.4, -0.2) is 15.8 Å². The minimum atomic E-state index is 0.0438. The van der Waals surface area contributed by atoms with Crippen LogP contribution in [0.1, 0.15) is 22.7 Å². The van der Waals surface area contributed by atoms with Crippen LogP contribution < -0.4 is 0 Å². The predicted molar refractivity (Wildman–Crippen MR) is 89.2 cm³/mol. The van der Waals surface area contributed by atoms with Crippen LogP contribution in [0.4, 0.5) is 5.69 Å². The lowest BCUT2D eigenvalue weighted by atomic mass is 9.96. The molecule has 22 heavy (non-hydrogen) atoms. The molecule has 3 nitrogen and oxygen atoms in total. The molecule has 2 aromatic carbocycles. The zero-order valence-corrected chi connectivity index (χ0v) is 12.6. The van der Waals surface area contributed by atoms with E-state index in [1.807, 2.05) is 36.9 Å². The van der Waals surface area contributed by atoms with Gasteiger partial charge in [-0.15, -0.1) is 0 Å². The maximum absolute atomic E-state index is 6.18. The Balaban J connectivity index is 1.86. The summed E-state index contributed by atoms with van der Waals surface area (Å²) in [7, 11) is 0. The lowest BCUT2D eigenvalue weighted by molar-refractivity contribution is 0.677. The molecule has 1 aliphatic rings. The average molecular weight is 308 g/mol. The Bertz CT molecular complexity index is 837. The van der Waals surface area contributed by atoms with Crippen LogP contribution in [0, 0.1) is 0 Å². The largest absolute Gasteiger partial charge is 0.326 e. The van der Waals surface area contributed by atoms with Crippen LogP contribution in [0.5, 0.6) is 0 Å². The molecule has 0 spiro atoms. The van der Waals surface area contributed by atoms with Crippen molar-refractivity contribution in [3.05, 3.63) is 82.9 Å². The van der Waals surface area contributed by atoms with Gasteiger partial charge in [0.15, 0.2) is 0 Å². The van der Waals surface area contributed by atoms with E-state index < -0.39 is 0 Å². The van der Waals surface area contributed by atoms with Gasteiger partial charge in [-0.05, 0) is 34.9 Å². The highest BCUT2D eigenvalue weighted by Crippen LogP contribution is 2.33. The zero-order chi connectivity index (χ0) is 14.9. The van der Waals surface area contributed by atoms with E-state index in [1.165, 1.54) is 11.1 Å². The van der Waals surface area contributed by atoms with Crippen molar-refractivity contribution in [3.63, 3.8) is 0 Å². The van der Waals surface area contributed by atoms with Crippen LogP contribution in [0.25, 0.3) is 0 Å². The van der Waals surface area contributed by atoms with Gasteiger partial charge in [-0.3, -0.25) is 4.99 Å². The molecule has 0 N–H and O–H groups in total. The number of hydrogen-bond acceptors (Lipinski definition) is 2. The van der Waals surface area contributed by atoms with Gasteiger partial charge in [0.25, 0.3) is 0 Å². The molecule has 0 fully saturated rings. The van der Waals surface area contributed by atoms with Crippen LogP contribution in [0.3, 0.4) is 0 Å². The van der Waals surface area contributed by atoms with Gasteiger partial charge in [0.05, 0.1) is 18.1 Å². The van der Waals surface area contributed by atoms with Gasteiger partial charge < -0.3 is 4.57 Å². The van der Waals surface area contributed by atoms with Gasteiger partial charge >= 0.3 is 0 Å². The van der Waals surface area contributed by atoms with E-state index in [2.05, 4.69) is 38.8 Å². The van der Waals surface area contributed by atoms with Crippen LogP contribution in [0.2, 0.25) is 5.02 Å². The maximum atomic E-state index is 6.18. The van der Waals surface area contributed by atoms with E-state index in [0.717, 1.165) is 22.7 Å². The number of nitrogens with zero attached hydrogens (tertiary/aromatic N) is 3. The summed E-state index contributed by atoms with van der Waals surface area (Å²) < 4.78 is 2.09. The van der Waals surface area contributed by atoms with Crippen molar-refractivity contribution >= 4 is 23.5 Å². The first-order chi connectivity index (χ1) is 10.8. The third-order valence-electron chi connectivity index (χ3n) is 3.95. The van der Waals surface area contributed by atoms with Crippen molar-refractivity contribution in [2.45, 2.75) is 12.5 Å². The van der Waals surface area contributed by atoms with Crippen LogP contribution in [0.15, 0.2) is 66.2 Å². The molecule has 108 valence electrons. The molecule has 0 bridgehead atoms. The smallest absolute Gasteiger partial charge is 0.0954 e. The molecular weight excluding hydrogens is 294 g/mol. The average Bonchev–Trinajstić information content (AvgIpc) is 3.18. The number of aliphatic imine (C=N–C) groups is 1. The molecule has 0 amide bonds. The fourth-order valence-electron chi connectivity index (χ4n) is 2.92. The molecule has 0 saturated heterocycles. The van der Waals surface area contributed by atoms with Crippen LogP contribution >= 0.6 is 11.6 Å². The molecule has 4 heteroatoms. The summed E-state index contributed by atoms with van der Waals surface area (Å²) in [5.74, 6) is 0. The second-order valence-corrected chi connectivity index (χ2v) is 5.81. The van der Waals surface area contributed by atoms with Crippen molar-refractivity contribution in [2.24, 2.45) is 4.99 Å². The zero-order valence-electron chi connectivity index (χ0n) is 11.9. The van der Waals surface area contributed by atoms with Crippen molar-refractivity contribution in [1.82, 2.24) is 9.55 Å². The molecule has 0 saturated carbocycles. The molecule has 0 radical (unpaired) electrons. The number of hydrogen-bond donors (Lipinski definition) is 0. The molecule has 1 aliphatic heterocycles. The summed E-state index contributed by atoms with van der Waals surface area (Å²) in [6.07, 6.45) is 8.48. The van der Waals surface area contributed by atoms with E-state index in [9.17, 15) is 0 Å². The third-order valence-corrected chi connectivity index (χ3v) is 4.19. The van der Waals surface area contributed by atoms with Gasteiger partial charge in [-0.2, -0.15) is 0 Å². The van der Waals surface area contributed by atoms with Gasteiger partial charge in [-0.1, -0.05) is 35.9 Å². The first kappa shape index (κ1) is 13.3. The van der Waals surface area contributed by atoms with E-state index in [-0.39, 0.29) is 6.04 Å². The summed E-state index contributed by atoms with van der Waals surface area (Å²) in [6, 6.07) is 14.5. The Morgan fingerprint density at radius 1 is 1.09 bits per heavy atom. The van der Waals surface area contributed by atoms with Crippen molar-refractivity contribution in [1.29, 1.82) is 0 Å². The highest BCUT2D eigenvalue weighted by molar-refractivity contribution is 6.30. The topological polar surface area (TPSA) is 30.2 Å². The van der Waals surface area contributed by atoms with Gasteiger partial charge in [0.1, 0.15) is 0 Å². The van der Waals surface area contributed by atoms with Crippen LogP contribution in [-0.2, 0) is 6.42 Å². The van der Waals surface area contributed by atoms with E-state index >= 15 is 0 Å². The fourth-order valence-corrected chi connectivity index (χ4v) is 3.12. The summed E-state index contributed by atoms with van der Waals surface area (Å²) in [5, 5.41) is 0.738. The second-order valence-electron chi connectivity index (χ2n) is 5.37. The second kappa shape index (κ2) is 5.43. The van der Waals surface area contributed by atoms with Gasteiger partial charge in [-0.25, -0.2) is 4.98 Å². The molecule has 0 aliphatic carbocycles. The Kier molecular flexibility index (Phi) is 3.28. The summed E-state index contributed by atoms with van der Waals surface area (Å²) in [6.45, 7) is 0. The number of aromatic nitrogens is 2. The molecule has 4 rings (SSSR count). The molecule has 3 aromatic rings. The summed E-state index contributed by atoms with van der Waals surface area (Å²) in [5.41, 5.74) is 4.65. The number of halogens is 1. The molecule has 1 aromatic heterocycles. The van der Waals surface area contributed by atoms with Gasteiger partial charge in [0, 0.05) is 30.1 Å². The summed E-state index contributed by atoms with van der Waals surface area (Å²) >= 11 is 6.18. The van der Waals surface area contributed by atoms with Crippen molar-refractivity contribution in [2.75, 3.05) is 0 Å². The van der Waals surface area contributed by atoms with Gasteiger partial charge in [0.2, 0.25) is 0 Å². The maximum Gasteiger partial charge on any atom is 0.0954 e. The fraction of sp³-hybridized carbons (Fsp3) is 0.111. The first-order valence-corrected chi connectivity index (χ1v) is 7.57. The molecule has 2 heterocycles. The lowest BCUT2D eigenvalue weighted by Gasteiger charge is -2.20. The van der Waals surface area contributed by atoms with Crippen molar-refractivity contribution in [3.8, 4) is 0 Å².